The number of rotatable bonds is 4. The minimum absolute atomic E-state index is 0.113. The van der Waals surface area contributed by atoms with E-state index in [9.17, 15) is 15.3 Å². The third-order valence-corrected chi connectivity index (χ3v) is 7.40. The van der Waals surface area contributed by atoms with Gasteiger partial charge in [-0.2, -0.15) is 4.68 Å². The van der Waals surface area contributed by atoms with Gasteiger partial charge in [-0.15, -0.1) is 5.10 Å². The monoisotopic (exact) mass is 460 g/mol. The first kappa shape index (κ1) is 20.8. The van der Waals surface area contributed by atoms with Crippen LogP contribution in [0.25, 0.3) is 17.1 Å². The van der Waals surface area contributed by atoms with E-state index in [2.05, 4.69) is 25.3 Å². The van der Waals surface area contributed by atoms with Gasteiger partial charge in [0.2, 0.25) is 5.95 Å². The smallest absolute Gasteiger partial charge is 0.237 e. The predicted molar refractivity (Wildman–Crippen MR) is 111 cm³/mol. The highest BCUT2D eigenvalue weighted by Crippen LogP contribution is 2.52. The van der Waals surface area contributed by atoms with Crippen molar-refractivity contribution in [3.05, 3.63) is 17.7 Å². The van der Waals surface area contributed by atoms with Gasteiger partial charge in [-0.25, -0.2) is 19.3 Å². The van der Waals surface area contributed by atoms with E-state index in [1.54, 1.807) is 4.68 Å². The fourth-order valence-electron chi connectivity index (χ4n) is 5.56. The van der Waals surface area contributed by atoms with Crippen molar-refractivity contribution < 1.29 is 24.4 Å². The van der Waals surface area contributed by atoms with Crippen LogP contribution in [0, 0.1) is 17.8 Å². The van der Waals surface area contributed by atoms with Crippen molar-refractivity contribution in [3.63, 3.8) is 0 Å². The second kappa shape index (κ2) is 7.65. The van der Waals surface area contributed by atoms with Gasteiger partial charge in [0.05, 0.1) is 18.0 Å². The summed E-state index contributed by atoms with van der Waals surface area (Å²) in [6, 6.07) is 0. The van der Waals surface area contributed by atoms with Crippen LogP contribution in [-0.2, 0) is 17.6 Å². The average molecular weight is 460 g/mol. The Balaban J connectivity index is 1.47. The normalized spacial score (nSPS) is 33.5. The molecule has 7 atom stereocenters. The molecule has 4 heterocycles. The molecule has 0 radical (unpaired) electrons. The van der Waals surface area contributed by atoms with Gasteiger partial charge in [-0.3, -0.25) is 4.57 Å². The number of nitrogen functional groups attached to an aromatic ring is 1. The molecular formula is C20H25FN8O4. The Morgan fingerprint density at radius 3 is 2.67 bits per heavy atom. The van der Waals surface area contributed by atoms with E-state index in [-0.39, 0.29) is 29.5 Å². The Morgan fingerprint density at radius 2 is 1.94 bits per heavy atom. The molecule has 3 aromatic heterocycles. The van der Waals surface area contributed by atoms with Crippen LogP contribution in [0.5, 0.6) is 0 Å². The van der Waals surface area contributed by atoms with Gasteiger partial charge in [-0.1, -0.05) is 5.21 Å². The van der Waals surface area contributed by atoms with Crippen molar-refractivity contribution in [2.75, 3.05) is 18.9 Å². The predicted octanol–water partition coefficient (Wildman–Crippen LogP) is -0.689. The number of fused-ring (bicyclic) bond motifs is 3. The van der Waals surface area contributed by atoms with Crippen molar-refractivity contribution >= 4 is 17.0 Å². The third-order valence-electron chi connectivity index (χ3n) is 7.40. The SMILES string of the molecule is Nc1ncnc2c1nc(-n1nnc3c1CC[C@H]1[C@@H](CO)[C@H]1CC3)n2C1OC(CO)C(O)C1F. The summed E-state index contributed by atoms with van der Waals surface area (Å²) in [6.45, 7) is -0.339. The van der Waals surface area contributed by atoms with Crippen LogP contribution in [0.1, 0.15) is 30.5 Å². The molecule has 12 nitrogen and oxygen atoms in total. The minimum atomic E-state index is -1.84. The highest BCUT2D eigenvalue weighted by Gasteiger charge is 2.50. The molecular weight excluding hydrogens is 435 g/mol. The van der Waals surface area contributed by atoms with Crippen LogP contribution in [0.15, 0.2) is 6.33 Å². The minimum Gasteiger partial charge on any atom is -0.396 e. The number of aryl methyl sites for hydroxylation is 1. The molecule has 1 saturated heterocycles. The molecule has 13 heteroatoms. The van der Waals surface area contributed by atoms with Gasteiger partial charge < -0.3 is 25.8 Å². The molecule has 0 bridgehead atoms. The van der Waals surface area contributed by atoms with E-state index in [0.717, 1.165) is 30.7 Å². The quantitative estimate of drug-likeness (QED) is 0.391. The molecule has 2 aliphatic carbocycles. The van der Waals surface area contributed by atoms with E-state index in [1.165, 1.54) is 10.9 Å². The number of aromatic nitrogens is 7. The Hall–Kier alpha value is -2.74. The lowest BCUT2D eigenvalue weighted by Gasteiger charge is -2.18. The summed E-state index contributed by atoms with van der Waals surface area (Å²) >= 11 is 0. The third kappa shape index (κ3) is 3.06. The van der Waals surface area contributed by atoms with Gasteiger partial charge in [0.25, 0.3) is 0 Å². The van der Waals surface area contributed by atoms with E-state index < -0.39 is 31.2 Å². The maximum Gasteiger partial charge on any atom is 0.237 e. The number of halogens is 1. The van der Waals surface area contributed by atoms with Crippen molar-refractivity contribution in [3.8, 4) is 5.95 Å². The van der Waals surface area contributed by atoms with Crippen molar-refractivity contribution in [1.29, 1.82) is 0 Å². The van der Waals surface area contributed by atoms with Gasteiger partial charge in [0, 0.05) is 6.61 Å². The largest absolute Gasteiger partial charge is 0.396 e. The summed E-state index contributed by atoms with van der Waals surface area (Å²) in [5.74, 6) is 1.65. The summed E-state index contributed by atoms with van der Waals surface area (Å²) in [5.41, 5.74) is 8.20. The average Bonchev–Trinajstić information content (AvgIpc) is 3.04. The van der Waals surface area contributed by atoms with Crippen LogP contribution < -0.4 is 5.73 Å². The number of aliphatic hydroxyl groups excluding tert-OH is 3. The summed E-state index contributed by atoms with van der Waals surface area (Å²) in [6.07, 6.45) is -1.27. The lowest BCUT2D eigenvalue weighted by Crippen LogP contribution is -2.30. The Labute approximate surface area is 187 Å². The molecule has 6 rings (SSSR count). The lowest BCUT2D eigenvalue weighted by atomic mass is 10.0. The highest BCUT2D eigenvalue weighted by atomic mass is 19.1. The highest BCUT2D eigenvalue weighted by molar-refractivity contribution is 5.83. The van der Waals surface area contributed by atoms with Crippen LogP contribution >= 0.6 is 0 Å². The lowest BCUT2D eigenvalue weighted by molar-refractivity contribution is -0.0460. The zero-order valence-corrected chi connectivity index (χ0v) is 17.7. The van der Waals surface area contributed by atoms with E-state index in [4.69, 9.17) is 10.5 Å². The molecule has 0 spiro atoms. The molecule has 4 unspecified atom stereocenters. The zero-order valence-electron chi connectivity index (χ0n) is 17.7. The van der Waals surface area contributed by atoms with E-state index in [1.807, 2.05) is 0 Å². The summed E-state index contributed by atoms with van der Waals surface area (Å²) in [4.78, 5) is 12.8. The number of ether oxygens (including phenoxy) is 1. The number of anilines is 1. The van der Waals surface area contributed by atoms with Gasteiger partial charge in [0.1, 0.15) is 18.5 Å². The molecule has 0 aromatic carbocycles. The molecule has 176 valence electrons. The van der Waals surface area contributed by atoms with Crippen molar-refractivity contribution in [2.45, 2.75) is 50.3 Å². The second-order valence-corrected chi connectivity index (χ2v) is 9.04. The summed E-state index contributed by atoms with van der Waals surface area (Å²) in [7, 11) is 0. The topological polar surface area (TPSA) is 170 Å². The Morgan fingerprint density at radius 1 is 1.15 bits per heavy atom. The Bertz CT molecular complexity index is 1200. The van der Waals surface area contributed by atoms with Crippen LogP contribution in [0.4, 0.5) is 10.2 Å². The standard InChI is InChI=1S/C20H25FN8O4/c21-14-16(32)13(6-31)33-19(14)28-18-15(17(22)23-7-24-18)25-20(28)29-12-4-2-9-8(10(9)5-30)1-3-11(12)26-27-29/h7-10,13-14,16,19,30-32H,1-6H2,(H2,22,23,24)/t8-,9+,10-,13?,14?,16?,19?/m0/s1. The first-order valence-corrected chi connectivity index (χ1v) is 11.1. The van der Waals surface area contributed by atoms with Gasteiger partial charge in [0.15, 0.2) is 29.4 Å². The molecule has 1 aliphatic heterocycles. The van der Waals surface area contributed by atoms with Gasteiger partial charge in [-0.05, 0) is 43.4 Å². The molecule has 1 saturated carbocycles. The molecule has 5 N–H and O–H groups in total. The first-order valence-electron chi connectivity index (χ1n) is 11.1. The maximum absolute atomic E-state index is 15.2. The molecule has 3 aliphatic rings. The molecule has 0 amide bonds. The van der Waals surface area contributed by atoms with E-state index >= 15 is 4.39 Å². The second-order valence-electron chi connectivity index (χ2n) is 9.04. The van der Waals surface area contributed by atoms with Crippen molar-refractivity contribution in [1.82, 2.24) is 34.5 Å². The number of nitrogens with two attached hydrogens (primary N) is 1. The van der Waals surface area contributed by atoms with Gasteiger partial charge >= 0.3 is 0 Å². The molecule has 33 heavy (non-hydrogen) atoms. The van der Waals surface area contributed by atoms with Crippen LogP contribution in [0.2, 0.25) is 0 Å². The molecule has 3 aromatic rings. The molecule has 2 fully saturated rings. The zero-order chi connectivity index (χ0) is 22.9. The fraction of sp³-hybridized carbons (Fsp3) is 0.650. The number of alkyl halides is 1. The number of aliphatic hydroxyl groups is 3. The number of hydrogen-bond donors (Lipinski definition) is 4. The van der Waals surface area contributed by atoms with Crippen molar-refractivity contribution in [2.24, 2.45) is 17.8 Å². The number of hydrogen-bond acceptors (Lipinski definition) is 10. The summed E-state index contributed by atoms with van der Waals surface area (Å²) < 4.78 is 23.8. The number of nitrogens with zero attached hydrogens (tertiary/aromatic N) is 7. The van der Waals surface area contributed by atoms with Crippen LogP contribution in [0.3, 0.4) is 0 Å². The van der Waals surface area contributed by atoms with E-state index in [0.29, 0.717) is 24.2 Å². The maximum atomic E-state index is 15.2. The number of imidazole rings is 1. The Kier molecular flexibility index (Phi) is 4.83. The van der Waals surface area contributed by atoms with Crippen LogP contribution in [-0.4, -0.2) is 81.4 Å². The first-order chi connectivity index (χ1) is 16.0. The fourth-order valence-corrected chi connectivity index (χ4v) is 5.56. The summed E-state index contributed by atoms with van der Waals surface area (Å²) in [5, 5.41) is 38.0.